The van der Waals surface area contributed by atoms with Crippen molar-refractivity contribution in [3.63, 3.8) is 0 Å². The standard InChI is InChI=1S/C10H8N2O3.C2H6/c13-8-7(6-4-2-1-3-5-6)9(14)12-10(15)11-8;1-2/h1-5,7H,(H2,11,12,13,14,15);1-2H3. The molecule has 5 nitrogen and oxygen atoms in total. The fourth-order valence-corrected chi connectivity index (χ4v) is 1.47. The van der Waals surface area contributed by atoms with Gasteiger partial charge in [-0.15, -0.1) is 0 Å². The van der Waals surface area contributed by atoms with Gasteiger partial charge in [-0.25, -0.2) is 4.79 Å². The summed E-state index contributed by atoms with van der Waals surface area (Å²) in [6.07, 6.45) is 0. The van der Waals surface area contributed by atoms with Crippen molar-refractivity contribution in [2.24, 2.45) is 0 Å². The molecule has 0 bridgehead atoms. The molecule has 5 heteroatoms. The summed E-state index contributed by atoms with van der Waals surface area (Å²) in [5.41, 5.74) is 0.569. The van der Waals surface area contributed by atoms with Crippen LogP contribution in [0.2, 0.25) is 0 Å². The summed E-state index contributed by atoms with van der Waals surface area (Å²) in [5.74, 6) is -2.12. The van der Waals surface area contributed by atoms with E-state index in [1.165, 1.54) is 0 Å². The maximum atomic E-state index is 11.4. The molecule has 0 radical (unpaired) electrons. The third kappa shape index (κ3) is 2.90. The predicted molar refractivity (Wildman–Crippen MR) is 62.2 cm³/mol. The van der Waals surface area contributed by atoms with Crippen LogP contribution in [0.5, 0.6) is 0 Å². The Labute approximate surface area is 99.2 Å². The second-order valence-corrected chi connectivity index (χ2v) is 3.15. The van der Waals surface area contributed by atoms with Crippen molar-refractivity contribution in [2.45, 2.75) is 19.8 Å². The number of hydrogen-bond acceptors (Lipinski definition) is 3. The predicted octanol–water partition coefficient (Wildman–Crippen LogP) is 1.16. The molecule has 1 aromatic carbocycles. The number of urea groups is 1. The summed E-state index contributed by atoms with van der Waals surface area (Å²) in [6, 6.07) is 7.81. The van der Waals surface area contributed by atoms with E-state index in [1.807, 2.05) is 24.5 Å². The summed E-state index contributed by atoms with van der Waals surface area (Å²) in [6.45, 7) is 4.00. The summed E-state index contributed by atoms with van der Waals surface area (Å²) >= 11 is 0. The molecular formula is C12H14N2O3. The molecule has 0 unspecified atom stereocenters. The molecule has 0 atom stereocenters. The molecule has 0 spiro atoms. The van der Waals surface area contributed by atoms with Gasteiger partial charge in [0.1, 0.15) is 5.92 Å². The van der Waals surface area contributed by atoms with Gasteiger partial charge in [0.15, 0.2) is 0 Å². The number of imide groups is 2. The Bertz CT molecular complexity index is 409. The molecule has 90 valence electrons. The zero-order chi connectivity index (χ0) is 12.8. The molecule has 1 aliphatic rings. The lowest BCUT2D eigenvalue weighted by atomic mass is 9.96. The highest BCUT2D eigenvalue weighted by molar-refractivity contribution is 6.19. The van der Waals surface area contributed by atoms with Crippen LogP contribution in [0.1, 0.15) is 25.3 Å². The van der Waals surface area contributed by atoms with E-state index in [0.717, 1.165) is 0 Å². The molecule has 1 heterocycles. The highest BCUT2D eigenvalue weighted by Gasteiger charge is 2.34. The summed E-state index contributed by atoms with van der Waals surface area (Å²) in [5, 5.41) is 4.10. The van der Waals surface area contributed by atoms with Gasteiger partial charge in [-0.1, -0.05) is 44.2 Å². The van der Waals surface area contributed by atoms with Crippen LogP contribution in [0.3, 0.4) is 0 Å². The molecular weight excluding hydrogens is 220 g/mol. The first-order valence-corrected chi connectivity index (χ1v) is 5.39. The molecule has 2 rings (SSSR count). The molecule has 4 amide bonds. The minimum absolute atomic E-state index is 0.569. The van der Waals surface area contributed by atoms with Crippen molar-refractivity contribution in [1.29, 1.82) is 0 Å². The van der Waals surface area contributed by atoms with E-state index in [4.69, 9.17) is 0 Å². The molecule has 17 heavy (non-hydrogen) atoms. The van der Waals surface area contributed by atoms with Crippen LogP contribution >= 0.6 is 0 Å². The number of rotatable bonds is 1. The minimum Gasteiger partial charge on any atom is -0.277 e. The maximum Gasteiger partial charge on any atom is 0.328 e. The van der Waals surface area contributed by atoms with Gasteiger partial charge in [-0.3, -0.25) is 20.2 Å². The van der Waals surface area contributed by atoms with E-state index in [1.54, 1.807) is 30.3 Å². The first kappa shape index (κ1) is 12.9. The number of benzene rings is 1. The number of amides is 4. The Kier molecular flexibility index (Phi) is 4.39. The van der Waals surface area contributed by atoms with Gasteiger partial charge >= 0.3 is 6.03 Å². The van der Waals surface area contributed by atoms with Gasteiger partial charge in [-0.05, 0) is 5.56 Å². The zero-order valence-electron chi connectivity index (χ0n) is 9.69. The number of carbonyl (C=O) groups is 3. The lowest BCUT2D eigenvalue weighted by Crippen LogP contribution is -2.54. The normalized spacial score (nSPS) is 15.5. The largest absolute Gasteiger partial charge is 0.328 e. The first-order valence-electron chi connectivity index (χ1n) is 5.39. The summed E-state index contributed by atoms with van der Waals surface area (Å²) < 4.78 is 0. The lowest BCUT2D eigenvalue weighted by molar-refractivity contribution is -0.132. The van der Waals surface area contributed by atoms with Gasteiger partial charge in [0, 0.05) is 0 Å². The third-order valence-electron chi connectivity index (χ3n) is 2.13. The number of nitrogens with one attached hydrogen (secondary N) is 2. The molecule has 0 aromatic heterocycles. The Morgan fingerprint density at radius 1 is 0.882 bits per heavy atom. The van der Waals surface area contributed by atoms with Crippen LogP contribution in [0.15, 0.2) is 30.3 Å². The quantitative estimate of drug-likeness (QED) is 0.716. The van der Waals surface area contributed by atoms with Crippen LogP contribution in [0.4, 0.5) is 4.79 Å². The fourth-order valence-electron chi connectivity index (χ4n) is 1.47. The smallest absolute Gasteiger partial charge is 0.277 e. The third-order valence-corrected chi connectivity index (χ3v) is 2.13. The topological polar surface area (TPSA) is 75.3 Å². The molecule has 2 N–H and O–H groups in total. The number of barbiturate groups is 1. The second-order valence-electron chi connectivity index (χ2n) is 3.15. The Morgan fingerprint density at radius 3 is 1.82 bits per heavy atom. The Hall–Kier alpha value is -2.17. The Balaban J connectivity index is 0.000000686. The summed E-state index contributed by atoms with van der Waals surface area (Å²) in [4.78, 5) is 33.6. The first-order chi connectivity index (χ1) is 8.18. The monoisotopic (exact) mass is 234 g/mol. The second kappa shape index (κ2) is 5.79. The number of carbonyl (C=O) groups excluding carboxylic acids is 3. The average Bonchev–Trinajstić information content (AvgIpc) is 2.31. The molecule has 1 aliphatic heterocycles. The van der Waals surface area contributed by atoms with Gasteiger partial charge in [-0.2, -0.15) is 0 Å². The van der Waals surface area contributed by atoms with Crippen LogP contribution in [0, 0.1) is 0 Å². The van der Waals surface area contributed by atoms with E-state index < -0.39 is 23.8 Å². The van der Waals surface area contributed by atoms with Crippen molar-refractivity contribution in [3.05, 3.63) is 35.9 Å². The van der Waals surface area contributed by atoms with Crippen molar-refractivity contribution in [1.82, 2.24) is 10.6 Å². The van der Waals surface area contributed by atoms with Crippen LogP contribution in [0.25, 0.3) is 0 Å². The summed E-state index contributed by atoms with van der Waals surface area (Å²) in [7, 11) is 0. The van der Waals surface area contributed by atoms with E-state index in [0.29, 0.717) is 5.56 Å². The lowest BCUT2D eigenvalue weighted by Gasteiger charge is -2.20. The fraction of sp³-hybridized carbons (Fsp3) is 0.250. The Morgan fingerprint density at radius 2 is 1.35 bits per heavy atom. The van der Waals surface area contributed by atoms with Gasteiger partial charge in [0.05, 0.1) is 0 Å². The van der Waals surface area contributed by atoms with Crippen molar-refractivity contribution >= 4 is 17.8 Å². The van der Waals surface area contributed by atoms with Gasteiger partial charge in [0.2, 0.25) is 11.8 Å². The van der Waals surface area contributed by atoms with E-state index in [2.05, 4.69) is 0 Å². The van der Waals surface area contributed by atoms with Crippen molar-refractivity contribution < 1.29 is 14.4 Å². The van der Waals surface area contributed by atoms with Crippen LogP contribution in [-0.4, -0.2) is 17.8 Å². The minimum atomic E-state index is -0.941. The highest BCUT2D eigenvalue weighted by Crippen LogP contribution is 2.17. The molecule has 0 aliphatic carbocycles. The van der Waals surface area contributed by atoms with Crippen LogP contribution in [-0.2, 0) is 9.59 Å². The highest BCUT2D eigenvalue weighted by atomic mass is 16.2. The SMILES string of the molecule is CC.O=C1NC(=O)C(c2ccccc2)C(=O)N1. The molecule has 1 aromatic rings. The van der Waals surface area contributed by atoms with E-state index in [9.17, 15) is 14.4 Å². The van der Waals surface area contributed by atoms with E-state index in [-0.39, 0.29) is 0 Å². The van der Waals surface area contributed by atoms with Crippen molar-refractivity contribution in [3.8, 4) is 0 Å². The molecule has 1 saturated heterocycles. The van der Waals surface area contributed by atoms with Crippen LogP contribution < -0.4 is 10.6 Å². The van der Waals surface area contributed by atoms with Crippen molar-refractivity contribution in [2.75, 3.05) is 0 Å². The zero-order valence-corrected chi connectivity index (χ0v) is 9.69. The average molecular weight is 234 g/mol. The van der Waals surface area contributed by atoms with Gasteiger partial charge < -0.3 is 0 Å². The molecule has 1 fully saturated rings. The number of hydrogen-bond donors (Lipinski definition) is 2. The van der Waals surface area contributed by atoms with Gasteiger partial charge in [0.25, 0.3) is 0 Å². The maximum absolute atomic E-state index is 11.4. The van der Waals surface area contributed by atoms with E-state index >= 15 is 0 Å². The molecule has 0 saturated carbocycles.